The van der Waals surface area contributed by atoms with Crippen molar-refractivity contribution in [1.29, 1.82) is 0 Å². The van der Waals surface area contributed by atoms with Crippen molar-refractivity contribution in [3.8, 4) is 0 Å². The maximum absolute atomic E-state index is 13.0. The van der Waals surface area contributed by atoms with Gasteiger partial charge in [0.15, 0.2) is 0 Å². The molecule has 5 heteroatoms. The Hall–Kier alpha value is -1.10. The van der Waals surface area contributed by atoms with Crippen LogP contribution in [0.4, 0.5) is 17.6 Å². The molecule has 1 aromatic rings. The summed E-state index contributed by atoms with van der Waals surface area (Å²) < 4.78 is 51.8. The summed E-state index contributed by atoms with van der Waals surface area (Å²) in [6.45, 7) is 3.31. The van der Waals surface area contributed by atoms with E-state index in [0.29, 0.717) is 25.6 Å². The number of hydrogen-bond acceptors (Lipinski definition) is 1. The van der Waals surface area contributed by atoms with E-state index >= 15 is 0 Å². The van der Waals surface area contributed by atoms with Crippen molar-refractivity contribution in [3.63, 3.8) is 0 Å². The highest BCUT2D eigenvalue weighted by atomic mass is 19.4. The molecule has 1 N–H and O–H groups in total. The molecule has 0 aromatic heterocycles. The molecule has 0 unspecified atom stereocenters. The summed E-state index contributed by atoms with van der Waals surface area (Å²) in [7, 11) is 0. The van der Waals surface area contributed by atoms with Crippen LogP contribution in [0.1, 0.15) is 30.4 Å². The Morgan fingerprint density at radius 3 is 2.61 bits per heavy atom. The van der Waals surface area contributed by atoms with E-state index in [1.54, 1.807) is 0 Å². The number of halogens is 4. The van der Waals surface area contributed by atoms with Crippen LogP contribution < -0.4 is 5.32 Å². The highest BCUT2D eigenvalue weighted by Gasteiger charge is 2.37. The first-order chi connectivity index (χ1) is 8.39. The molecule has 2 rings (SSSR count). The molecule has 0 radical (unpaired) electrons. The lowest BCUT2D eigenvalue weighted by Gasteiger charge is -2.31. The minimum atomic E-state index is -4.50. The number of nitrogens with one attached hydrogen (secondary N) is 1. The molecule has 0 amide bonds. The largest absolute Gasteiger partial charge is 0.416 e. The molecule has 1 saturated heterocycles. The first-order valence-corrected chi connectivity index (χ1v) is 5.97. The van der Waals surface area contributed by atoms with Crippen molar-refractivity contribution in [2.45, 2.75) is 25.4 Å². The van der Waals surface area contributed by atoms with E-state index in [4.69, 9.17) is 0 Å². The molecule has 1 nitrogen and oxygen atoms in total. The van der Waals surface area contributed by atoms with Crippen LogP contribution >= 0.6 is 0 Å². The Morgan fingerprint density at radius 1 is 1.28 bits per heavy atom. The normalized spacial score (nSPS) is 25.2. The van der Waals surface area contributed by atoms with Gasteiger partial charge in [0.05, 0.1) is 5.56 Å². The summed E-state index contributed by atoms with van der Waals surface area (Å²) in [6.07, 6.45) is -3.85. The lowest BCUT2D eigenvalue weighted by atomic mass is 9.80. The standard InChI is InChI=1S/C13H15F4N/c1-8-7-18-5-4-10(8)11-3-2-9(14)6-12(11)13(15,16)17/h2-3,6,8,10,18H,4-5,7H2,1H3/t8-,10+/m1/s1. The van der Waals surface area contributed by atoms with Gasteiger partial charge in [-0.15, -0.1) is 0 Å². The predicted octanol–water partition coefficient (Wildman–Crippen LogP) is 3.56. The topological polar surface area (TPSA) is 12.0 Å². The Labute approximate surface area is 103 Å². The number of piperidine rings is 1. The van der Waals surface area contributed by atoms with Crippen LogP contribution in [0.2, 0.25) is 0 Å². The molecule has 1 heterocycles. The van der Waals surface area contributed by atoms with Gasteiger partial charge in [-0.25, -0.2) is 4.39 Å². The second kappa shape index (κ2) is 4.88. The highest BCUT2D eigenvalue weighted by molar-refractivity contribution is 5.34. The summed E-state index contributed by atoms with van der Waals surface area (Å²) >= 11 is 0. The molecule has 1 aliphatic heterocycles. The van der Waals surface area contributed by atoms with E-state index in [9.17, 15) is 17.6 Å². The van der Waals surface area contributed by atoms with Crippen molar-refractivity contribution in [3.05, 3.63) is 35.1 Å². The first-order valence-electron chi connectivity index (χ1n) is 5.97. The first kappa shape index (κ1) is 13.3. The minimum Gasteiger partial charge on any atom is -0.316 e. The van der Waals surface area contributed by atoms with Crippen molar-refractivity contribution < 1.29 is 17.6 Å². The molecule has 1 fully saturated rings. The van der Waals surface area contributed by atoms with Crippen LogP contribution in [0.15, 0.2) is 18.2 Å². The van der Waals surface area contributed by atoms with E-state index in [2.05, 4.69) is 5.32 Å². The van der Waals surface area contributed by atoms with E-state index in [-0.39, 0.29) is 17.4 Å². The second-order valence-electron chi connectivity index (χ2n) is 4.81. The van der Waals surface area contributed by atoms with Crippen LogP contribution in [-0.4, -0.2) is 13.1 Å². The molecule has 100 valence electrons. The van der Waals surface area contributed by atoms with Gasteiger partial charge in [-0.3, -0.25) is 0 Å². The predicted molar refractivity (Wildman–Crippen MR) is 60.8 cm³/mol. The van der Waals surface area contributed by atoms with Gasteiger partial charge in [0.2, 0.25) is 0 Å². The van der Waals surface area contributed by atoms with Crippen molar-refractivity contribution >= 4 is 0 Å². The fraction of sp³-hybridized carbons (Fsp3) is 0.538. The molecule has 1 aliphatic rings. The molecular weight excluding hydrogens is 246 g/mol. The maximum Gasteiger partial charge on any atom is 0.416 e. The zero-order valence-corrected chi connectivity index (χ0v) is 10.0. The zero-order chi connectivity index (χ0) is 13.3. The third-order valence-electron chi connectivity index (χ3n) is 3.51. The van der Waals surface area contributed by atoms with E-state index in [1.807, 2.05) is 6.92 Å². The molecular formula is C13H15F4N. The number of alkyl halides is 3. The fourth-order valence-electron chi connectivity index (χ4n) is 2.57. The summed E-state index contributed by atoms with van der Waals surface area (Å²) in [5.74, 6) is -0.888. The van der Waals surface area contributed by atoms with Gasteiger partial charge in [-0.05, 0) is 49.0 Å². The Bertz CT molecular complexity index is 427. The van der Waals surface area contributed by atoms with Gasteiger partial charge in [-0.2, -0.15) is 13.2 Å². The summed E-state index contributed by atoms with van der Waals surface area (Å²) in [4.78, 5) is 0. The Morgan fingerprint density at radius 2 is 2.00 bits per heavy atom. The Kier molecular flexibility index (Phi) is 3.61. The quantitative estimate of drug-likeness (QED) is 0.762. The molecule has 0 spiro atoms. The van der Waals surface area contributed by atoms with Crippen LogP contribution in [0.25, 0.3) is 0 Å². The second-order valence-corrected chi connectivity index (χ2v) is 4.81. The number of hydrogen-bond donors (Lipinski definition) is 1. The van der Waals surface area contributed by atoms with E-state index < -0.39 is 17.6 Å². The van der Waals surface area contributed by atoms with Crippen molar-refractivity contribution in [2.75, 3.05) is 13.1 Å². The molecule has 0 aliphatic carbocycles. The maximum atomic E-state index is 13.0. The lowest BCUT2D eigenvalue weighted by molar-refractivity contribution is -0.138. The lowest BCUT2D eigenvalue weighted by Crippen LogP contribution is -2.34. The van der Waals surface area contributed by atoms with E-state index in [1.165, 1.54) is 6.07 Å². The van der Waals surface area contributed by atoms with Crippen molar-refractivity contribution in [1.82, 2.24) is 5.32 Å². The average Bonchev–Trinajstić information content (AvgIpc) is 2.29. The van der Waals surface area contributed by atoms with Crippen LogP contribution in [0, 0.1) is 11.7 Å². The summed E-state index contributed by atoms with van der Waals surface area (Å²) in [5.41, 5.74) is -0.612. The van der Waals surface area contributed by atoms with Gasteiger partial charge in [0, 0.05) is 0 Å². The molecule has 18 heavy (non-hydrogen) atoms. The van der Waals surface area contributed by atoms with Gasteiger partial charge in [0.1, 0.15) is 5.82 Å². The Balaban J connectivity index is 2.43. The highest BCUT2D eigenvalue weighted by Crippen LogP contribution is 2.39. The smallest absolute Gasteiger partial charge is 0.316 e. The van der Waals surface area contributed by atoms with Gasteiger partial charge in [-0.1, -0.05) is 13.0 Å². The average molecular weight is 261 g/mol. The van der Waals surface area contributed by atoms with Crippen LogP contribution in [-0.2, 0) is 6.18 Å². The number of rotatable bonds is 1. The van der Waals surface area contributed by atoms with Crippen LogP contribution in [0.5, 0.6) is 0 Å². The summed E-state index contributed by atoms with van der Waals surface area (Å²) in [6, 6.07) is 2.99. The zero-order valence-electron chi connectivity index (χ0n) is 10.0. The third-order valence-corrected chi connectivity index (χ3v) is 3.51. The summed E-state index contributed by atoms with van der Waals surface area (Å²) in [5, 5.41) is 3.15. The van der Waals surface area contributed by atoms with Gasteiger partial charge >= 0.3 is 6.18 Å². The third kappa shape index (κ3) is 2.66. The van der Waals surface area contributed by atoms with Gasteiger partial charge in [0.25, 0.3) is 0 Å². The molecule has 0 bridgehead atoms. The fourth-order valence-corrected chi connectivity index (χ4v) is 2.57. The molecule has 1 aromatic carbocycles. The van der Waals surface area contributed by atoms with Crippen molar-refractivity contribution in [2.24, 2.45) is 5.92 Å². The number of benzene rings is 1. The molecule has 2 atom stereocenters. The van der Waals surface area contributed by atoms with Gasteiger partial charge < -0.3 is 5.32 Å². The SMILES string of the molecule is C[C@@H]1CNCC[C@@H]1c1ccc(F)cc1C(F)(F)F. The van der Waals surface area contributed by atoms with E-state index in [0.717, 1.165) is 6.07 Å². The minimum absolute atomic E-state index is 0.116. The molecule has 0 saturated carbocycles. The monoisotopic (exact) mass is 261 g/mol. The van der Waals surface area contributed by atoms with Crippen LogP contribution in [0.3, 0.4) is 0 Å².